The lowest BCUT2D eigenvalue weighted by atomic mass is 10.1. The summed E-state index contributed by atoms with van der Waals surface area (Å²) in [5.74, 6) is -0.0343. The van der Waals surface area contributed by atoms with E-state index in [1.54, 1.807) is 17.0 Å². The summed E-state index contributed by atoms with van der Waals surface area (Å²) in [4.78, 5) is 25.4. The highest BCUT2D eigenvalue weighted by atomic mass is 32.1. The summed E-state index contributed by atoms with van der Waals surface area (Å²) >= 11 is 1.23. The molecule has 7 rings (SSSR count). The van der Waals surface area contributed by atoms with Crippen LogP contribution < -0.4 is 9.80 Å². The largest absolute Gasteiger partial charge is 0.389 e. The molecule has 3 fully saturated rings. The van der Waals surface area contributed by atoms with E-state index in [1.807, 2.05) is 22.7 Å². The normalized spacial score (nSPS) is 17.7. The van der Waals surface area contributed by atoms with Gasteiger partial charge in [0.15, 0.2) is 10.9 Å². The highest BCUT2D eigenvalue weighted by molar-refractivity contribution is 7.16. The van der Waals surface area contributed by atoms with Gasteiger partial charge in [-0.15, -0.1) is 0 Å². The van der Waals surface area contributed by atoms with Crippen LogP contribution in [0.15, 0.2) is 36.4 Å². The summed E-state index contributed by atoms with van der Waals surface area (Å²) in [6, 6.07) is 11.8. The second-order valence-electron chi connectivity index (χ2n) is 11.4. The molecule has 0 spiro atoms. The van der Waals surface area contributed by atoms with Gasteiger partial charge in [-0.2, -0.15) is 10.4 Å². The van der Waals surface area contributed by atoms with Crippen molar-refractivity contribution in [3.05, 3.63) is 52.9 Å². The van der Waals surface area contributed by atoms with Crippen LogP contribution in [0.2, 0.25) is 0 Å². The molecule has 4 aromatic rings. The molecule has 2 saturated heterocycles. The molecule has 1 aliphatic carbocycles. The summed E-state index contributed by atoms with van der Waals surface area (Å²) in [6.45, 7) is 3.72. The molecule has 3 aliphatic rings. The molecule has 1 saturated carbocycles. The lowest BCUT2D eigenvalue weighted by Crippen LogP contribution is -2.57. The highest BCUT2D eigenvalue weighted by Gasteiger charge is 2.33. The van der Waals surface area contributed by atoms with Crippen LogP contribution in [0.1, 0.15) is 23.8 Å². The predicted molar refractivity (Wildman–Crippen MR) is 159 cm³/mol. The number of aliphatic hydroxyl groups excluding tert-OH is 1. The van der Waals surface area contributed by atoms with Crippen LogP contribution in [-0.2, 0) is 4.79 Å². The highest BCUT2D eigenvalue weighted by Crippen LogP contribution is 2.45. The Morgan fingerprint density at radius 2 is 1.86 bits per heavy atom. The molecule has 2 aliphatic heterocycles. The van der Waals surface area contributed by atoms with Gasteiger partial charge in [0.1, 0.15) is 33.8 Å². The number of aromatic nitrogens is 3. The van der Waals surface area contributed by atoms with E-state index in [1.165, 1.54) is 29.5 Å². The second-order valence-corrected chi connectivity index (χ2v) is 12.4. The molecule has 0 bridgehead atoms. The number of aliphatic hydroxyl groups is 1. The summed E-state index contributed by atoms with van der Waals surface area (Å²) in [5, 5.41) is 25.2. The maximum absolute atomic E-state index is 15.6. The van der Waals surface area contributed by atoms with Crippen LogP contribution in [-0.4, -0.2) is 94.5 Å². The summed E-state index contributed by atoms with van der Waals surface area (Å²) in [5.41, 5.74) is 2.15. The van der Waals surface area contributed by atoms with Crippen molar-refractivity contribution in [3.63, 3.8) is 0 Å². The standard InChI is InChI=1S/C30H30F2N8O2S/c1-36(30-34-27(25(14-33)43-30)18-2-4-19(31)5-3-18)29-23-12-21(13-24(32)28(23)35-40(29)20-6-7-20)38-10-8-37(9-11-38)17-26(42)39-15-22(41)16-39/h2-5,12-13,20,22,41H,6-11,15-17H2,1H3. The molecule has 0 atom stereocenters. The minimum atomic E-state index is -0.417. The maximum Gasteiger partial charge on any atom is 0.236 e. The fourth-order valence-electron chi connectivity index (χ4n) is 5.76. The monoisotopic (exact) mass is 604 g/mol. The van der Waals surface area contributed by atoms with Gasteiger partial charge < -0.3 is 19.8 Å². The van der Waals surface area contributed by atoms with Crippen molar-refractivity contribution in [3.8, 4) is 17.3 Å². The first-order valence-electron chi connectivity index (χ1n) is 14.3. The molecule has 1 amide bonds. The first-order chi connectivity index (χ1) is 20.8. The second kappa shape index (κ2) is 10.9. The van der Waals surface area contributed by atoms with Gasteiger partial charge in [0.2, 0.25) is 5.91 Å². The number of rotatable bonds is 7. The Labute approximate surface area is 251 Å². The third-order valence-electron chi connectivity index (χ3n) is 8.36. The van der Waals surface area contributed by atoms with Gasteiger partial charge in [0, 0.05) is 63.0 Å². The number of β-amino-alcohol motifs (C(OH)–C–C–N with tert-alkyl or cyclic N) is 1. The van der Waals surface area contributed by atoms with E-state index >= 15 is 4.39 Å². The fraction of sp³-hybridized carbons (Fsp3) is 0.400. The molecule has 1 N–H and O–H groups in total. The number of likely N-dealkylation sites (tertiary alicyclic amines) is 1. The number of carbonyl (C=O) groups excluding carboxylic acids is 1. The van der Waals surface area contributed by atoms with Gasteiger partial charge in [-0.1, -0.05) is 11.3 Å². The number of hydrogen-bond donors (Lipinski definition) is 1. The van der Waals surface area contributed by atoms with Gasteiger partial charge in [-0.05, 0) is 49.2 Å². The third-order valence-corrected chi connectivity index (χ3v) is 9.39. The zero-order valence-electron chi connectivity index (χ0n) is 23.6. The number of amides is 1. The maximum atomic E-state index is 15.6. The van der Waals surface area contributed by atoms with Crippen LogP contribution in [0.4, 0.5) is 25.4 Å². The van der Waals surface area contributed by atoms with E-state index in [4.69, 9.17) is 4.98 Å². The van der Waals surface area contributed by atoms with E-state index < -0.39 is 11.9 Å². The third kappa shape index (κ3) is 5.20. The van der Waals surface area contributed by atoms with Crippen LogP contribution in [0, 0.1) is 23.0 Å². The Kier molecular flexibility index (Phi) is 6.99. The number of carbonyl (C=O) groups is 1. The number of nitrogens with zero attached hydrogens (tertiary/aromatic N) is 8. The van der Waals surface area contributed by atoms with Crippen LogP contribution in [0.25, 0.3) is 22.2 Å². The number of anilines is 3. The number of benzene rings is 2. The Balaban J connectivity index is 1.17. The average molecular weight is 605 g/mol. The van der Waals surface area contributed by atoms with Crippen molar-refractivity contribution in [1.29, 1.82) is 5.26 Å². The molecule has 0 unspecified atom stereocenters. The molecule has 43 heavy (non-hydrogen) atoms. The SMILES string of the molecule is CN(c1nc(-c2ccc(F)cc2)c(C#N)s1)c1c2cc(N3CCN(CC(=O)N4CC(O)C4)CC3)cc(F)c2nn1C1CC1. The van der Waals surface area contributed by atoms with E-state index in [0.29, 0.717) is 78.3 Å². The number of hydrogen-bond acceptors (Lipinski definition) is 9. The Morgan fingerprint density at radius 3 is 2.51 bits per heavy atom. The van der Waals surface area contributed by atoms with Gasteiger partial charge in [-0.3, -0.25) is 9.69 Å². The minimum absolute atomic E-state index is 0.0238. The smallest absolute Gasteiger partial charge is 0.236 e. The fourth-order valence-corrected chi connectivity index (χ4v) is 6.61. The summed E-state index contributed by atoms with van der Waals surface area (Å²) in [6.07, 6.45) is 1.48. The van der Waals surface area contributed by atoms with E-state index in [0.717, 1.165) is 18.5 Å². The molecule has 222 valence electrons. The van der Waals surface area contributed by atoms with Crippen molar-refractivity contribution in [2.24, 2.45) is 0 Å². The van der Waals surface area contributed by atoms with Crippen molar-refractivity contribution in [2.75, 3.05) is 62.7 Å². The Bertz CT molecular complexity index is 1730. The number of fused-ring (bicyclic) bond motifs is 1. The number of thiazole rings is 1. The van der Waals surface area contributed by atoms with Crippen molar-refractivity contribution in [1.82, 2.24) is 24.6 Å². The number of nitriles is 1. The molecule has 13 heteroatoms. The molecule has 0 radical (unpaired) electrons. The molecule has 4 heterocycles. The molecule has 2 aromatic carbocycles. The van der Waals surface area contributed by atoms with E-state index in [2.05, 4.69) is 21.0 Å². The number of piperazine rings is 1. The minimum Gasteiger partial charge on any atom is -0.389 e. The van der Waals surface area contributed by atoms with Crippen molar-refractivity contribution < 1.29 is 18.7 Å². The van der Waals surface area contributed by atoms with Gasteiger partial charge in [0.25, 0.3) is 0 Å². The Hall–Kier alpha value is -4.12. The molecular weight excluding hydrogens is 574 g/mol. The molecule has 10 nitrogen and oxygen atoms in total. The lowest BCUT2D eigenvalue weighted by Gasteiger charge is -2.39. The van der Waals surface area contributed by atoms with Gasteiger partial charge in [-0.25, -0.2) is 18.4 Å². The topological polar surface area (TPSA) is 105 Å². The zero-order valence-corrected chi connectivity index (χ0v) is 24.4. The van der Waals surface area contributed by atoms with Crippen LogP contribution in [0.5, 0.6) is 0 Å². The van der Waals surface area contributed by atoms with Crippen LogP contribution in [0.3, 0.4) is 0 Å². The van der Waals surface area contributed by atoms with E-state index in [-0.39, 0.29) is 23.3 Å². The van der Waals surface area contributed by atoms with Crippen molar-refractivity contribution in [2.45, 2.75) is 25.0 Å². The number of halogens is 2. The first kappa shape index (κ1) is 27.7. The first-order valence-corrected chi connectivity index (χ1v) is 15.2. The molecular formula is C30H30F2N8O2S. The average Bonchev–Trinajstić information content (AvgIpc) is 3.62. The zero-order chi connectivity index (χ0) is 29.8. The van der Waals surface area contributed by atoms with E-state index in [9.17, 15) is 19.6 Å². The Morgan fingerprint density at radius 1 is 1.14 bits per heavy atom. The summed E-state index contributed by atoms with van der Waals surface area (Å²) in [7, 11) is 1.85. The summed E-state index contributed by atoms with van der Waals surface area (Å²) < 4.78 is 31.1. The lowest BCUT2D eigenvalue weighted by molar-refractivity contribution is -0.142. The van der Waals surface area contributed by atoms with Gasteiger partial charge in [0.05, 0.1) is 18.7 Å². The predicted octanol–water partition coefficient (Wildman–Crippen LogP) is 3.74. The van der Waals surface area contributed by atoms with Gasteiger partial charge >= 0.3 is 0 Å². The molecule has 2 aromatic heterocycles. The van der Waals surface area contributed by atoms with Crippen LogP contribution >= 0.6 is 11.3 Å². The van der Waals surface area contributed by atoms with Crippen molar-refractivity contribution >= 4 is 44.8 Å². The quantitative estimate of drug-likeness (QED) is 0.340.